The maximum Gasteiger partial charge on any atom is 0.340 e. The Balaban J connectivity index is 1.41. The predicted octanol–water partition coefficient (Wildman–Crippen LogP) is 6.21. The van der Waals surface area contributed by atoms with E-state index in [-0.39, 0.29) is 18.1 Å². The summed E-state index contributed by atoms with van der Waals surface area (Å²) in [4.78, 5) is 25.3. The molecule has 1 N–H and O–H groups in total. The number of hydrogen-bond donors (Lipinski definition) is 1. The molecule has 0 spiro atoms. The molecule has 5 aromatic rings. The molecule has 7 heteroatoms. The topological polar surface area (TPSA) is 72.5 Å². The zero-order valence-electron chi connectivity index (χ0n) is 18.9. The van der Waals surface area contributed by atoms with Gasteiger partial charge < -0.3 is 14.2 Å². The average Bonchev–Trinajstić information content (AvgIpc) is 3.25. The number of rotatable bonds is 6. The highest BCUT2D eigenvalue weighted by Gasteiger charge is 2.18. The summed E-state index contributed by atoms with van der Waals surface area (Å²) in [5.41, 5.74) is 4.03. The van der Waals surface area contributed by atoms with Crippen LogP contribution >= 0.6 is 11.6 Å². The number of carbonyl (C=O) groups is 1. The maximum atomic E-state index is 13.4. The first-order chi connectivity index (χ1) is 16.9. The summed E-state index contributed by atoms with van der Waals surface area (Å²) in [5.74, 6) is -0.578. The van der Waals surface area contributed by atoms with Crippen LogP contribution < -0.4 is 10.9 Å². The summed E-state index contributed by atoms with van der Waals surface area (Å²) in [7, 11) is 0. The zero-order valence-corrected chi connectivity index (χ0v) is 19.6. The summed E-state index contributed by atoms with van der Waals surface area (Å²) in [6, 6.07) is 17.1. The first-order valence-corrected chi connectivity index (χ1v) is 11.5. The second kappa shape index (κ2) is 9.39. The van der Waals surface area contributed by atoms with Crippen LogP contribution in [-0.2, 0) is 17.6 Å². The van der Waals surface area contributed by atoms with Crippen molar-refractivity contribution in [3.05, 3.63) is 105 Å². The fourth-order valence-corrected chi connectivity index (χ4v) is 4.31. The van der Waals surface area contributed by atoms with E-state index < -0.39 is 5.63 Å². The van der Waals surface area contributed by atoms with Gasteiger partial charge in [0.05, 0.1) is 18.2 Å². The third-order valence-corrected chi connectivity index (χ3v) is 6.38. The molecule has 2 heterocycles. The van der Waals surface area contributed by atoms with Gasteiger partial charge in [0, 0.05) is 34.0 Å². The molecule has 0 saturated heterocycles. The lowest BCUT2D eigenvalue weighted by Gasteiger charge is -2.09. The number of amides is 1. The van der Waals surface area contributed by atoms with Crippen LogP contribution in [-0.4, -0.2) is 12.5 Å². The standard InChI is InChI=1S/C28H21ClFNO4/c1-16-21-12-23-24(18-4-8-20(30)9-5-18)15-34-25(23)14-26(21)35-28(33)22(16)13-27(32)31-11-10-17-2-6-19(29)7-3-17/h2-9,12,14-15H,10-11,13H2,1H3,(H,31,32). The van der Waals surface area contributed by atoms with Crippen LogP contribution in [0.15, 0.2) is 80.6 Å². The van der Waals surface area contributed by atoms with Crippen LogP contribution in [0.4, 0.5) is 4.39 Å². The van der Waals surface area contributed by atoms with Crippen molar-refractivity contribution in [2.45, 2.75) is 19.8 Å². The van der Waals surface area contributed by atoms with Gasteiger partial charge in [-0.05, 0) is 60.4 Å². The van der Waals surface area contributed by atoms with Crippen molar-refractivity contribution >= 4 is 39.4 Å². The van der Waals surface area contributed by atoms with Crippen molar-refractivity contribution in [3.8, 4) is 11.1 Å². The number of halogens is 2. The highest BCUT2D eigenvalue weighted by molar-refractivity contribution is 6.30. The zero-order chi connectivity index (χ0) is 24.5. The first-order valence-electron chi connectivity index (χ1n) is 11.1. The largest absolute Gasteiger partial charge is 0.464 e. The summed E-state index contributed by atoms with van der Waals surface area (Å²) in [5, 5.41) is 5.04. The Bertz CT molecular complexity index is 1600. The molecule has 5 nitrogen and oxygen atoms in total. The van der Waals surface area contributed by atoms with Crippen molar-refractivity contribution in [1.29, 1.82) is 0 Å². The molecule has 0 aliphatic carbocycles. The van der Waals surface area contributed by atoms with Crippen molar-refractivity contribution in [2.75, 3.05) is 6.54 Å². The lowest BCUT2D eigenvalue weighted by Crippen LogP contribution is -2.29. The van der Waals surface area contributed by atoms with Crippen molar-refractivity contribution in [3.63, 3.8) is 0 Å². The maximum absolute atomic E-state index is 13.4. The van der Waals surface area contributed by atoms with Gasteiger partial charge in [0.15, 0.2) is 0 Å². The van der Waals surface area contributed by atoms with Crippen molar-refractivity contribution < 1.29 is 18.0 Å². The third-order valence-electron chi connectivity index (χ3n) is 6.12. The third kappa shape index (κ3) is 4.70. The van der Waals surface area contributed by atoms with Crippen molar-refractivity contribution in [1.82, 2.24) is 5.32 Å². The van der Waals surface area contributed by atoms with E-state index >= 15 is 0 Å². The van der Waals surface area contributed by atoms with Gasteiger partial charge in [0.25, 0.3) is 0 Å². The van der Waals surface area contributed by atoms with Crippen LogP contribution in [0.5, 0.6) is 0 Å². The minimum Gasteiger partial charge on any atom is -0.464 e. The molecule has 3 aromatic carbocycles. The van der Waals surface area contributed by atoms with Crippen LogP contribution in [0.1, 0.15) is 16.7 Å². The normalized spacial score (nSPS) is 11.3. The second-order valence-corrected chi connectivity index (χ2v) is 8.83. The Hall–Kier alpha value is -3.90. The molecule has 0 atom stereocenters. The molecule has 1 amide bonds. The molecule has 0 radical (unpaired) electrons. The first kappa shape index (κ1) is 22.9. The van der Waals surface area contributed by atoms with Gasteiger partial charge in [-0.1, -0.05) is 35.9 Å². The van der Waals surface area contributed by atoms with Gasteiger partial charge in [-0.15, -0.1) is 0 Å². The monoisotopic (exact) mass is 489 g/mol. The van der Waals surface area contributed by atoms with E-state index in [0.29, 0.717) is 45.7 Å². The van der Waals surface area contributed by atoms with Gasteiger partial charge in [0.2, 0.25) is 5.91 Å². The quantitative estimate of drug-likeness (QED) is 0.288. The van der Waals surface area contributed by atoms with E-state index in [0.717, 1.165) is 22.1 Å². The van der Waals surface area contributed by atoms with E-state index in [9.17, 15) is 14.0 Å². The molecular formula is C28H21ClFNO4. The molecule has 35 heavy (non-hydrogen) atoms. The average molecular weight is 490 g/mol. The summed E-state index contributed by atoms with van der Waals surface area (Å²) in [6.45, 7) is 2.24. The minimum absolute atomic E-state index is 0.0844. The summed E-state index contributed by atoms with van der Waals surface area (Å²) in [6.07, 6.45) is 2.16. The molecule has 2 aromatic heterocycles. The highest BCUT2D eigenvalue weighted by atomic mass is 35.5. The molecule has 0 bridgehead atoms. The minimum atomic E-state index is -0.549. The smallest absolute Gasteiger partial charge is 0.340 e. The fraction of sp³-hybridized carbons (Fsp3) is 0.143. The van der Waals surface area contributed by atoms with Gasteiger partial charge >= 0.3 is 5.63 Å². The van der Waals surface area contributed by atoms with E-state index in [1.165, 1.54) is 12.1 Å². The fourth-order valence-electron chi connectivity index (χ4n) is 4.19. The lowest BCUT2D eigenvalue weighted by molar-refractivity contribution is -0.120. The van der Waals surface area contributed by atoms with E-state index in [1.54, 1.807) is 43.5 Å². The van der Waals surface area contributed by atoms with Gasteiger partial charge in [-0.2, -0.15) is 0 Å². The Kier molecular flexibility index (Phi) is 6.14. The molecular weight excluding hydrogens is 469 g/mol. The highest BCUT2D eigenvalue weighted by Crippen LogP contribution is 2.34. The molecule has 0 fully saturated rings. The number of furan rings is 1. The SMILES string of the molecule is Cc1c(CC(=O)NCCc2ccc(Cl)cc2)c(=O)oc2cc3occ(-c4ccc(F)cc4)c3cc12. The second-order valence-electron chi connectivity index (χ2n) is 8.40. The molecule has 0 saturated carbocycles. The number of nitrogens with one attached hydrogen (secondary N) is 1. The van der Waals surface area contributed by atoms with Crippen LogP contribution in [0.25, 0.3) is 33.1 Å². The Morgan fingerprint density at radius 1 is 1.00 bits per heavy atom. The number of carbonyl (C=O) groups excluding carboxylic acids is 1. The van der Waals surface area contributed by atoms with E-state index in [4.69, 9.17) is 20.4 Å². The summed E-state index contributed by atoms with van der Waals surface area (Å²) >= 11 is 5.90. The van der Waals surface area contributed by atoms with Crippen LogP contribution in [0.2, 0.25) is 5.02 Å². The molecule has 0 unspecified atom stereocenters. The Morgan fingerprint density at radius 3 is 2.49 bits per heavy atom. The van der Waals surface area contributed by atoms with Gasteiger partial charge in [0.1, 0.15) is 17.0 Å². The molecule has 5 rings (SSSR count). The van der Waals surface area contributed by atoms with Gasteiger partial charge in [-0.3, -0.25) is 4.79 Å². The molecule has 0 aliphatic rings. The lowest BCUT2D eigenvalue weighted by atomic mass is 9.99. The van der Waals surface area contributed by atoms with Crippen LogP contribution in [0.3, 0.4) is 0 Å². The van der Waals surface area contributed by atoms with Crippen LogP contribution in [0, 0.1) is 12.7 Å². The Labute approximate surface area is 205 Å². The molecule has 176 valence electrons. The van der Waals surface area contributed by atoms with Crippen molar-refractivity contribution in [2.24, 2.45) is 0 Å². The molecule has 0 aliphatic heterocycles. The van der Waals surface area contributed by atoms with E-state index in [2.05, 4.69) is 5.32 Å². The summed E-state index contributed by atoms with van der Waals surface area (Å²) < 4.78 is 24.6. The Morgan fingerprint density at radius 2 is 1.74 bits per heavy atom. The van der Waals surface area contributed by atoms with E-state index in [1.807, 2.05) is 18.2 Å². The number of aryl methyl sites for hydroxylation is 1. The number of benzene rings is 3. The van der Waals surface area contributed by atoms with Gasteiger partial charge in [-0.25, -0.2) is 9.18 Å². The number of hydrogen-bond acceptors (Lipinski definition) is 4. The number of fused-ring (bicyclic) bond motifs is 2. The predicted molar refractivity (Wildman–Crippen MR) is 134 cm³/mol.